The summed E-state index contributed by atoms with van der Waals surface area (Å²) in [5, 5.41) is 0. The zero-order valence-corrected chi connectivity index (χ0v) is 12.6. The molecule has 1 saturated heterocycles. The molecule has 1 aromatic rings. The van der Waals surface area contributed by atoms with Gasteiger partial charge in [0.1, 0.15) is 5.82 Å². The molecule has 2 N–H and O–H groups in total. The molecule has 0 unspecified atom stereocenters. The lowest BCUT2D eigenvalue weighted by atomic mass is 9.78. The van der Waals surface area contributed by atoms with Crippen LogP contribution in [0.15, 0.2) is 12.1 Å². The van der Waals surface area contributed by atoms with Crippen LogP contribution in [0.2, 0.25) is 0 Å². The molecule has 0 aromatic carbocycles. The highest BCUT2D eigenvalue weighted by molar-refractivity contribution is 5.45. The second-order valence-electron chi connectivity index (χ2n) is 6.33. The number of nitrogens with two attached hydrogens (primary N) is 1. The van der Waals surface area contributed by atoms with Crippen LogP contribution in [0.5, 0.6) is 0 Å². The molecule has 2 heterocycles. The fourth-order valence-corrected chi connectivity index (χ4v) is 3.99. The molecule has 110 valence electrons. The van der Waals surface area contributed by atoms with Gasteiger partial charge in [-0.2, -0.15) is 0 Å². The number of rotatable bonds is 3. The van der Waals surface area contributed by atoms with E-state index in [-0.39, 0.29) is 0 Å². The molecule has 0 spiro atoms. The summed E-state index contributed by atoms with van der Waals surface area (Å²) in [4.78, 5) is 7.47. The number of hydrogen-bond donors (Lipinski definition) is 1. The van der Waals surface area contributed by atoms with Crippen molar-refractivity contribution in [2.75, 3.05) is 11.4 Å². The standard InChI is InChI=1S/C17H27N3/c1-2-15-10-13(12-18)11-17(19-15)20-9-5-7-14-6-3-4-8-16(14)20/h10-11,14,16H,2-9,12,18H2,1H3/t14-,16-/m1/s1. The first-order chi connectivity index (χ1) is 9.81. The van der Waals surface area contributed by atoms with Gasteiger partial charge in [-0.25, -0.2) is 4.98 Å². The lowest BCUT2D eigenvalue weighted by Gasteiger charge is -2.45. The number of anilines is 1. The molecule has 2 atom stereocenters. The Bertz CT molecular complexity index is 433. The van der Waals surface area contributed by atoms with Gasteiger partial charge in [0.15, 0.2) is 0 Å². The highest BCUT2D eigenvalue weighted by Gasteiger charge is 2.33. The Labute approximate surface area is 122 Å². The van der Waals surface area contributed by atoms with Crippen molar-refractivity contribution in [3.63, 3.8) is 0 Å². The number of aromatic nitrogens is 1. The highest BCUT2D eigenvalue weighted by atomic mass is 15.2. The summed E-state index contributed by atoms with van der Waals surface area (Å²) < 4.78 is 0. The van der Waals surface area contributed by atoms with Gasteiger partial charge in [0, 0.05) is 24.8 Å². The van der Waals surface area contributed by atoms with Gasteiger partial charge < -0.3 is 10.6 Å². The van der Waals surface area contributed by atoms with Crippen LogP contribution in [-0.4, -0.2) is 17.6 Å². The van der Waals surface area contributed by atoms with Crippen LogP contribution in [0.4, 0.5) is 5.82 Å². The first kappa shape index (κ1) is 13.9. The molecule has 2 fully saturated rings. The van der Waals surface area contributed by atoms with E-state index in [9.17, 15) is 0 Å². The molecule has 1 aliphatic heterocycles. The summed E-state index contributed by atoms with van der Waals surface area (Å²) in [5.74, 6) is 2.08. The molecule has 3 rings (SSSR count). The molecule has 1 aliphatic carbocycles. The van der Waals surface area contributed by atoms with Crippen molar-refractivity contribution >= 4 is 5.82 Å². The second kappa shape index (κ2) is 6.13. The third kappa shape index (κ3) is 2.69. The summed E-state index contributed by atoms with van der Waals surface area (Å²) >= 11 is 0. The van der Waals surface area contributed by atoms with Crippen LogP contribution in [0, 0.1) is 5.92 Å². The van der Waals surface area contributed by atoms with Gasteiger partial charge in [-0.05, 0) is 55.7 Å². The first-order valence-electron chi connectivity index (χ1n) is 8.28. The Morgan fingerprint density at radius 2 is 2.00 bits per heavy atom. The van der Waals surface area contributed by atoms with E-state index in [0.717, 1.165) is 18.4 Å². The van der Waals surface area contributed by atoms with Crippen LogP contribution < -0.4 is 10.6 Å². The normalized spacial score (nSPS) is 26.4. The van der Waals surface area contributed by atoms with Crippen LogP contribution in [0.1, 0.15) is 56.7 Å². The van der Waals surface area contributed by atoms with Crippen LogP contribution in [0.25, 0.3) is 0 Å². The zero-order chi connectivity index (χ0) is 13.9. The smallest absolute Gasteiger partial charge is 0.129 e. The largest absolute Gasteiger partial charge is 0.353 e. The van der Waals surface area contributed by atoms with Gasteiger partial charge in [-0.1, -0.05) is 19.8 Å². The van der Waals surface area contributed by atoms with Gasteiger partial charge in [-0.3, -0.25) is 0 Å². The molecule has 3 heteroatoms. The summed E-state index contributed by atoms with van der Waals surface area (Å²) in [6, 6.07) is 5.10. The number of pyridine rings is 1. The average molecular weight is 273 g/mol. The topological polar surface area (TPSA) is 42.1 Å². The third-order valence-electron chi connectivity index (χ3n) is 5.06. The van der Waals surface area contributed by atoms with Crippen LogP contribution in [-0.2, 0) is 13.0 Å². The molecule has 3 nitrogen and oxygen atoms in total. The monoisotopic (exact) mass is 273 g/mol. The van der Waals surface area contributed by atoms with Gasteiger partial charge >= 0.3 is 0 Å². The molecule has 2 aliphatic rings. The third-order valence-corrected chi connectivity index (χ3v) is 5.06. The van der Waals surface area contributed by atoms with Crippen LogP contribution in [0.3, 0.4) is 0 Å². The van der Waals surface area contributed by atoms with E-state index in [1.807, 2.05) is 0 Å². The van der Waals surface area contributed by atoms with Crippen molar-refractivity contribution in [1.82, 2.24) is 4.98 Å². The molecule has 0 bridgehead atoms. The van der Waals surface area contributed by atoms with Gasteiger partial charge in [-0.15, -0.1) is 0 Å². The van der Waals surface area contributed by atoms with Crippen molar-refractivity contribution in [3.8, 4) is 0 Å². The quantitative estimate of drug-likeness (QED) is 0.919. The van der Waals surface area contributed by atoms with E-state index < -0.39 is 0 Å². The Morgan fingerprint density at radius 1 is 1.20 bits per heavy atom. The minimum Gasteiger partial charge on any atom is -0.353 e. The minimum absolute atomic E-state index is 0.616. The molecule has 0 amide bonds. The van der Waals surface area contributed by atoms with Gasteiger partial charge in [0.2, 0.25) is 0 Å². The lowest BCUT2D eigenvalue weighted by molar-refractivity contribution is 0.242. The number of hydrogen-bond acceptors (Lipinski definition) is 3. The zero-order valence-electron chi connectivity index (χ0n) is 12.6. The van der Waals surface area contributed by atoms with Crippen molar-refractivity contribution in [1.29, 1.82) is 0 Å². The number of aryl methyl sites for hydroxylation is 1. The predicted molar refractivity (Wildman–Crippen MR) is 83.8 cm³/mol. The molecule has 20 heavy (non-hydrogen) atoms. The van der Waals surface area contributed by atoms with Crippen molar-refractivity contribution in [2.24, 2.45) is 11.7 Å². The molecule has 1 aromatic heterocycles. The van der Waals surface area contributed by atoms with E-state index in [4.69, 9.17) is 10.7 Å². The minimum atomic E-state index is 0.616. The predicted octanol–water partition coefficient (Wildman–Crippen LogP) is 3.26. The maximum atomic E-state index is 5.86. The number of piperidine rings is 1. The Morgan fingerprint density at radius 3 is 2.80 bits per heavy atom. The fourth-order valence-electron chi connectivity index (χ4n) is 3.99. The number of fused-ring (bicyclic) bond motifs is 1. The van der Waals surface area contributed by atoms with Crippen molar-refractivity contribution < 1.29 is 0 Å². The van der Waals surface area contributed by atoms with Gasteiger partial charge in [0.05, 0.1) is 0 Å². The number of nitrogens with zero attached hydrogens (tertiary/aromatic N) is 2. The maximum Gasteiger partial charge on any atom is 0.129 e. The summed E-state index contributed by atoms with van der Waals surface area (Å²) in [7, 11) is 0. The summed E-state index contributed by atoms with van der Waals surface area (Å²) in [6.45, 7) is 3.96. The lowest BCUT2D eigenvalue weighted by Crippen LogP contribution is -2.47. The SMILES string of the molecule is CCc1cc(CN)cc(N2CCC[C@H]3CCCC[C@H]32)n1. The van der Waals surface area contributed by atoms with E-state index >= 15 is 0 Å². The molecule has 0 radical (unpaired) electrons. The van der Waals surface area contributed by atoms with E-state index in [1.54, 1.807) is 0 Å². The summed E-state index contributed by atoms with van der Waals surface area (Å²) in [5.41, 5.74) is 8.27. The second-order valence-corrected chi connectivity index (χ2v) is 6.33. The Kier molecular flexibility index (Phi) is 4.25. The average Bonchev–Trinajstić information content (AvgIpc) is 2.53. The molecule has 1 saturated carbocycles. The van der Waals surface area contributed by atoms with Gasteiger partial charge in [0.25, 0.3) is 0 Å². The Balaban J connectivity index is 1.90. The summed E-state index contributed by atoms with van der Waals surface area (Å²) in [6.07, 6.45) is 9.29. The molecular weight excluding hydrogens is 246 g/mol. The van der Waals surface area contributed by atoms with E-state index in [2.05, 4.69) is 24.0 Å². The van der Waals surface area contributed by atoms with Crippen LogP contribution >= 0.6 is 0 Å². The van der Waals surface area contributed by atoms with E-state index in [1.165, 1.54) is 62.1 Å². The Hall–Kier alpha value is -1.09. The van der Waals surface area contributed by atoms with Crippen molar-refractivity contribution in [2.45, 2.75) is 64.5 Å². The maximum absolute atomic E-state index is 5.86. The molecular formula is C17H27N3. The highest BCUT2D eigenvalue weighted by Crippen LogP contribution is 2.37. The van der Waals surface area contributed by atoms with Crippen molar-refractivity contribution in [3.05, 3.63) is 23.4 Å². The fraction of sp³-hybridized carbons (Fsp3) is 0.706. The first-order valence-corrected chi connectivity index (χ1v) is 8.28. The van der Waals surface area contributed by atoms with E-state index in [0.29, 0.717) is 6.54 Å².